The molecule has 0 bridgehead atoms. The van der Waals surface area contributed by atoms with Crippen molar-refractivity contribution in [2.45, 2.75) is 119 Å². The van der Waals surface area contributed by atoms with Crippen molar-refractivity contribution in [3.8, 4) is 0 Å². The maximum atomic E-state index is 5.48. The van der Waals surface area contributed by atoms with Gasteiger partial charge in [-0.1, -0.05) is 93.9 Å². The van der Waals surface area contributed by atoms with E-state index in [1.807, 2.05) is 34.8 Å². The Morgan fingerprint density at radius 3 is 2.00 bits per heavy atom. The molecule has 25 heavy (non-hydrogen) atoms. The topological polar surface area (TPSA) is 9.23 Å². The van der Waals surface area contributed by atoms with Gasteiger partial charge in [0.05, 0.1) is 6.10 Å². The van der Waals surface area contributed by atoms with E-state index < -0.39 is 0 Å². The van der Waals surface area contributed by atoms with E-state index in [1.54, 1.807) is 0 Å². The van der Waals surface area contributed by atoms with E-state index in [-0.39, 0.29) is 4.70 Å². The second kappa shape index (κ2) is 20.2. The Balaban J connectivity index is -0.000000349. The maximum absolute atomic E-state index is 5.48. The molecule has 2 rings (SSSR count). The fraction of sp³-hybridized carbons (Fsp3) is 1.00. The minimum Gasteiger partial charge on any atom is -0.381 e. The number of fused-ring (bicyclic) bond motifs is 1. The number of halogens is 1. The summed E-state index contributed by atoms with van der Waals surface area (Å²) in [5.41, 5.74) is 0. The SMILES string of the molecule is CC.CC.CCCCC(C)C.COC1CCC2C(C)CCC[C@@H]2C1.F. The standard InChI is InChI=1S/C12H22O.C7H16.2C2H6.FH/c1-9-4-3-5-10-8-11(13-2)6-7-12(9)10;1-4-5-6-7(2)3;2*1-2;/h9-12H,3-8H2,1-2H3;7H,4-6H2,1-3H3;2*1-2H3;1H/t9?,10-,11?,12?;;;;/m1..../s1. The summed E-state index contributed by atoms with van der Waals surface area (Å²) in [6.45, 7) is 17.2. The molecule has 156 valence electrons. The molecule has 4 atom stereocenters. The summed E-state index contributed by atoms with van der Waals surface area (Å²) in [6.07, 6.45) is 13.2. The molecule has 2 aliphatic rings. The molecule has 2 heteroatoms. The van der Waals surface area contributed by atoms with Crippen molar-refractivity contribution >= 4 is 0 Å². The van der Waals surface area contributed by atoms with Crippen molar-refractivity contribution < 1.29 is 9.44 Å². The molecule has 0 aliphatic heterocycles. The third-order valence-electron chi connectivity index (χ3n) is 5.43. The Bertz CT molecular complexity index is 242. The van der Waals surface area contributed by atoms with Crippen LogP contribution in [-0.2, 0) is 4.74 Å². The van der Waals surface area contributed by atoms with Crippen molar-refractivity contribution in [2.75, 3.05) is 7.11 Å². The first-order valence-electron chi connectivity index (χ1n) is 11.1. The average Bonchev–Trinajstić information content (AvgIpc) is 2.63. The number of hydrogen-bond acceptors (Lipinski definition) is 1. The summed E-state index contributed by atoms with van der Waals surface area (Å²) >= 11 is 0. The van der Waals surface area contributed by atoms with E-state index in [0.717, 1.165) is 23.7 Å². The second-order valence-electron chi connectivity index (χ2n) is 7.54. The lowest BCUT2D eigenvalue weighted by Crippen LogP contribution is -2.35. The summed E-state index contributed by atoms with van der Waals surface area (Å²) in [5.74, 6) is 3.90. The Kier molecular flexibility index (Phi) is 24.0. The van der Waals surface area contributed by atoms with Gasteiger partial charge in [0, 0.05) is 7.11 Å². The Morgan fingerprint density at radius 2 is 1.56 bits per heavy atom. The van der Waals surface area contributed by atoms with Crippen molar-refractivity contribution in [1.29, 1.82) is 0 Å². The van der Waals surface area contributed by atoms with Gasteiger partial charge in [-0.2, -0.15) is 0 Å². The molecule has 0 aromatic rings. The van der Waals surface area contributed by atoms with Crippen molar-refractivity contribution in [1.82, 2.24) is 0 Å². The Hall–Kier alpha value is -0.110. The minimum atomic E-state index is 0. The lowest BCUT2D eigenvalue weighted by molar-refractivity contribution is -0.000502. The van der Waals surface area contributed by atoms with E-state index in [9.17, 15) is 0 Å². The van der Waals surface area contributed by atoms with Crippen LogP contribution in [0.5, 0.6) is 0 Å². The van der Waals surface area contributed by atoms with Gasteiger partial charge in [-0.05, 0) is 42.9 Å². The predicted molar refractivity (Wildman–Crippen MR) is 114 cm³/mol. The van der Waals surface area contributed by atoms with Gasteiger partial charge in [-0.3, -0.25) is 4.70 Å². The highest BCUT2D eigenvalue weighted by Gasteiger charge is 2.35. The highest BCUT2D eigenvalue weighted by molar-refractivity contribution is 4.86. The third-order valence-corrected chi connectivity index (χ3v) is 5.43. The van der Waals surface area contributed by atoms with Crippen LogP contribution < -0.4 is 0 Å². The van der Waals surface area contributed by atoms with Gasteiger partial charge in [0.2, 0.25) is 0 Å². The first-order valence-corrected chi connectivity index (χ1v) is 11.1. The molecule has 0 heterocycles. The van der Waals surface area contributed by atoms with Gasteiger partial charge >= 0.3 is 0 Å². The van der Waals surface area contributed by atoms with Crippen molar-refractivity contribution in [3.63, 3.8) is 0 Å². The van der Waals surface area contributed by atoms with Crippen LogP contribution >= 0.6 is 0 Å². The minimum absolute atomic E-state index is 0. The average molecular weight is 363 g/mol. The number of rotatable bonds is 4. The number of unbranched alkanes of at least 4 members (excludes halogenated alkanes) is 1. The summed E-state index contributed by atoms with van der Waals surface area (Å²) < 4.78 is 5.48. The van der Waals surface area contributed by atoms with Gasteiger partial charge in [-0.15, -0.1) is 0 Å². The van der Waals surface area contributed by atoms with Crippen LogP contribution in [0, 0.1) is 23.7 Å². The van der Waals surface area contributed by atoms with Crippen LogP contribution in [0.15, 0.2) is 0 Å². The molecule has 0 saturated heterocycles. The van der Waals surface area contributed by atoms with Crippen LogP contribution in [0.1, 0.15) is 113 Å². The molecule has 3 unspecified atom stereocenters. The van der Waals surface area contributed by atoms with Gasteiger partial charge < -0.3 is 4.74 Å². The summed E-state index contributed by atoms with van der Waals surface area (Å²) in [6, 6.07) is 0. The maximum Gasteiger partial charge on any atom is 0.0574 e. The molecule has 0 spiro atoms. The molecule has 0 radical (unpaired) electrons. The molecule has 1 nitrogen and oxygen atoms in total. The quantitative estimate of drug-likeness (QED) is 0.489. The summed E-state index contributed by atoms with van der Waals surface area (Å²) in [5, 5.41) is 0. The predicted octanol–water partition coefficient (Wildman–Crippen LogP) is 8.28. The van der Waals surface area contributed by atoms with Crippen LogP contribution in [0.4, 0.5) is 4.70 Å². The molecular weight excluding hydrogens is 311 g/mol. The van der Waals surface area contributed by atoms with Crippen molar-refractivity contribution in [3.05, 3.63) is 0 Å². The van der Waals surface area contributed by atoms with Crippen LogP contribution in [0.3, 0.4) is 0 Å². The smallest absolute Gasteiger partial charge is 0.0574 e. The highest BCUT2D eigenvalue weighted by Crippen LogP contribution is 2.44. The monoisotopic (exact) mass is 362 g/mol. The molecule has 2 saturated carbocycles. The van der Waals surface area contributed by atoms with Crippen LogP contribution in [0.2, 0.25) is 0 Å². The van der Waals surface area contributed by atoms with Crippen molar-refractivity contribution in [2.24, 2.45) is 23.7 Å². The Labute approximate surface area is 160 Å². The summed E-state index contributed by atoms with van der Waals surface area (Å²) in [4.78, 5) is 0. The first kappa shape index (κ1) is 29.6. The van der Waals surface area contributed by atoms with E-state index in [0.29, 0.717) is 6.10 Å². The first-order chi connectivity index (χ1) is 11.6. The zero-order valence-corrected chi connectivity index (χ0v) is 19.1. The Morgan fingerprint density at radius 1 is 0.960 bits per heavy atom. The zero-order valence-electron chi connectivity index (χ0n) is 19.1. The fourth-order valence-electron chi connectivity index (χ4n) is 4.07. The highest BCUT2D eigenvalue weighted by atomic mass is 19.0. The van der Waals surface area contributed by atoms with E-state index in [1.165, 1.54) is 57.8 Å². The second-order valence-corrected chi connectivity index (χ2v) is 7.54. The molecular formula is C23H51FO. The molecule has 0 aromatic carbocycles. The molecule has 0 N–H and O–H groups in total. The largest absolute Gasteiger partial charge is 0.381 e. The lowest BCUT2D eigenvalue weighted by atomic mass is 9.65. The van der Waals surface area contributed by atoms with Gasteiger partial charge in [0.1, 0.15) is 0 Å². The zero-order chi connectivity index (χ0) is 19.0. The normalized spacial score (nSPS) is 27.1. The number of methoxy groups -OCH3 is 1. The van der Waals surface area contributed by atoms with E-state index in [2.05, 4.69) is 27.7 Å². The molecule has 2 fully saturated rings. The van der Waals surface area contributed by atoms with E-state index in [4.69, 9.17) is 4.74 Å². The molecule has 0 amide bonds. The fourth-order valence-corrected chi connectivity index (χ4v) is 4.07. The van der Waals surface area contributed by atoms with Gasteiger partial charge in [0.15, 0.2) is 0 Å². The van der Waals surface area contributed by atoms with Crippen LogP contribution in [0.25, 0.3) is 0 Å². The van der Waals surface area contributed by atoms with Gasteiger partial charge in [-0.25, -0.2) is 0 Å². The molecule has 0 aromatic heterocycles. The van der Waals surface area contributed by atoms with Gasteiger partial charge in [0.25, 0.3) is 0 Å². The number of ether oxygens (including phenoxy) is 1. The lowest BCUT2D eigenvalue weighted by Gasteiger charge is -2.42. The summed E-state index contributed by atoms with van der Waals surface area (Å²) in [7, 11) is 1.87. The third kappa shape index (κ3) is 13.7. The van der Waals surface area contributed by atoms with Crippen LogP contribution in [-0.4, -0.2) is 13.2 Å². The number of hydrogen-bond donors (Lipinski definition) is 0. The molecule has 2 aliphatic carbocycles. The van der Waals surface area contributed by atoms with E-state index >= 15 is 0 Å².